The third-order valence-electron chi connectivity index (χ3n) is 2.74. The third-order valence-corrected chi connectivity index (χ3v) is 2.74. The molecule has 0 atom stereocenters. The molecule has 19 heavy (non-hydrogen) atoms. The topological polar surface area (TPSA) is 61.2 Å². The molecule has 0 fully saturated rings. The van der Waals surface area contributed by atoms with Gasteiger partial charge in [0, 0.05) is 25.2 Å². The summed E-state index contributed by atoms with van der Waals surface area (Å²) in [7, 11) is 5.14. The first-order valence-electron chi connectivity index (χ1n) is 5.99. The average molecular weight is 262 g/mol. The molecule has 1 heterocycles. The Bertz CT molecular complexity index is 539. The summed E-state index contributed by atoms with van der Waals surface area (Å²) in [4.78, 5) is 4.16. The summed E-state index contributed by atoms with van der Waals surface area (Å²) in [6.45, 7) is 1.31. The number of methoxy groups -OCH3 is 2. The molecule has 0 saturated heterocycles. The molecule has 1 aromatic heterocycles. The highest BCUT2D eigenvalue weighted by Crippen LogP contribution is 2.24. The van der Waals surface area contributed by atoms with Crippen LogP contribution < -0.4 is 14.8 Å². The van der Waals surface area contributed by atoms with Gasteiger partial charge in [-0.1, -0.05) is 6.07 Å². The van der Waals surface area contributed by atoms with Gasteiger partial charge in [0.15, 0.2) is 5.82 Å². The van der Waals surface area contributed by atoms with Gasteiger partial charge in [0.1, 0.15) is 17.8 Å². The summed E-state index contributed by atoms with van der Waals surface area (Å²) in [6.07, 6.45) is 1.69. The van der Waals surface area contributed by atoms with Gasteiger partial charge in [-0.2, -0.15) is 5.10 Å². The molecule has 0 unspecified atom stereocenters. The molecule has 0 aliphatic carbocycles. The maximum Gasteiger partial charge on any atom is 0.164 e. The molecule has 0 aliphatic rings. The largest absolute Gasteiger partial charge is 0.497 e. The van der Waals surface area contributed by atoms with Gasteiger partial charge < -0.3 is 14.8 Å². The Balaban J connectivity index is 1.95. The lowest BCUT2D eigenvalue weighted by Crippen LogP contribution is -2.14. The number of hydrogen-bond donors (Lipinski definition) is 1. The Hall–Kier alpha value is -2.08. The van der Waals surface area contributed by atoms with Crippen molar-refractivity contribution in [2.45, 2.75) is 13.1 Å². The minimum atomic E-state index is 0.621. The van der Waals surface area contributed by atoms with E-state index in [1.165, 1.54) is 0 Å². The van der Waals surface area contributed by atoms with Gasteiger partial charge in [-0.05, 0) is 6.07 Å². The van der Waals surface area contributed by atoms with Crippen LogP contribution in [0.15, 0.2) is 24.5 Å². The van der Waals surface area contributed by atoms with Crippen molar-refractivity contribution in [2.75, 3.05) is 14.2 Å². The van der Waals surface area contributed by atoms with Crippen LogP contribution in [-0.2, 0) is 20.1 Å². The molecule has 0 spiro atoms. The Morgan fingerprint density at radius 1 is 1.21 bits per heavy atom. The molecule has 0 aliphatic heterocycles. The lowest BCUT2D eigenvalue weighted by molar-refractivity contribution is 0.389. The van der Waals surface area contributed by atoms with Crippen molar-refractivity contribution in [3.8, 4) is 11.5 Å². The van der Waals surface area contributed by atoms with Crippen molar-refractivity contribution in [3.63, 3.8) is 0 Å². The Morgan fingerprint density at radius 2 is 2.05 bits per heavy atom. The molecule has 2 rings (SSSR count). The van der Waals surface area contributed by atoms with Crippen LogP contribution in [0, 0.1) is 0 Å². The fourth-order valence-corrected chi connectivity index (χ4v) is 1.77. The monoisotopic (exact) mass is 262 g/mol. The van der Waals surface area contributed by atoms with Crippen molar-refractivity contribution in [1.82, 2.24) is 20.1 Å². The number of aromatic nitrogens is 3. The van der Waals surface area contributed by atoms with E-state index in [2.05, 4.69) is 15.4 Å². The molecule has 6 nitrogen and oxygen atoms in total. The van der Waals surface area contributed by atoms with E-state index in [0.29, 0.717) is 13.1 Å². The molecule has 102 valence electrons. The molecule has 2 aromatic rings. The minimum absolute atomic E-state index is 0.621. The molecule has 1 aromatic carbocycles. The Kier molecular flexibility index (Phi) is 4.35. The van der Waals surface area contributed by atoms with Crippen LogP contribution in [0.25, 0.3) is 0 Å². The predicted molar refractivity (Wildman–Crippen MR) is 71.1 cm³/mol. The van der Waals surface area contributed by atoms with Crippen molar-refractivity contribution >= 4 is 0 Å². The zero-order valence-corrected chi connectivity index (χ0v) is 11.4. The van der Waals surface area contributed by atoms with Crippen molar-refractivity contribution in [3.05, 3.63) is 35.9 Å². The van der Waals surface area contributed by atoms with E-state index in [1.807, 2.05) is 25.2 Å². The Morgan fingerprint density at radius 3 is 2.68 bits per heavy atom. The van der Waals surface area contributed by atoms with Crippen LogP contribution >= 0.6 is 0 Å². The number of aryl methyl sites for hydroxylation is 1. The quantitative estimate of drug-likeness (QED) is 0.845. The summed E-state index contributed by atoms with van der Waals surface area (Å²) in [6, 6.07) is 5.77. The molecule has 1 N–H and O–H groups in total. The van der Waals surface area contributed by atoms with Crippen molar-refractivity contribution in [2.24, 2.45) is 7.05 Å². The molecular weight excluding hydrogens is 244 g/mol. The van der Waals surface area contributed by atoms with E-state index in [-0.39, 0.29) is 0 Å². The van der Waals surface area contributed by atoms with Gasteiger partial charge in [0.25, 0.3) is 0 Å². The normalized spacial score (nSPS) is 10.5. The molecule has 0 bridgehead atoms. The lowest BCUT2D eigenvalue weighted by atomic mass is 10.2. The number of hydrogen-bond acceptors (Lipinski definition) is 5. The first-order valence-corrected chi connectivity index (χ1v) is 5.99. The maximum absolute atomic E-state index is 5.34. The highest BCUT2D eigenvalue weighted by molar-refractivity contribution is 5.40. The van der Waals surface area contributed by atoms with Gasteiger partial charge >= 0.3 is 0 Å². The average Bonchev–Trinajstić information content (AvgIpc) is 2.84. The van der Waals surface area contributed by atoms with Crippen LogP contribution in [-0.4, -0.2) is 29.0 Å². The number of ether oxygens (including phenoxy) is 2. The van der Waals surface area contributed by atoms with E-state index < -0.39 is 0 Å². The molecule has 6 heteroatoms. The van der Waals surface area contributed by atoms with Crippen LogP contribution in [0.1, 0.15) is 11.4 Å². The van der Waals surface area contributed by atoms with Gasteiger partial charge in [0.05, 0.1) is 20.8 Å². The smallest absolute Gasteiger partial charge is 0.164 e. The van der Waals surface area contributed by atoms with E-state index in [1.54, 1.807) is 25.2 Å². The van der Waals surface area contributed by atoms with Crippen molar-refractivity contribution in [1.29, 1.82) is 0 Å². The first kappa shape index (κ1) is 13.4. The summed E-state index contributed by atoms with van der Waals surface area (Å²) in [5.41, 5.74) is 1.07. The maximum atomic E-state index is 5.34. The van der Waals surface area contributed by atoms with Gasteiger partial charge in [-0.3, -0.25) is 4.68 Å². The second-order valence-electron chi connectivity index (χ2n) is 4.12. The van der Waals surface area contributed by atoms with Gasteiger partial charge in [-0.15, -0.1) is 0 Å². The van der Waals surface area contributed by atoms with E-state index in [4.69, 9.17) is 9.47 Å². The lowest BCUT2D eigenvalue weighted by Gasteiger charge is -2.10. The predicted octanol–water partition coefficient (Wildman–Crippen LogP) is 1.12. The van der Waals surface area contributed by atoms with Crippen LogP contribution in [0.5, 0.6) is 11.5 Å². The fourth-order valence-electron chi connectivity index (χ4n) is 1.77. The third kappa shape index (κ3) is 3.45. The first-order chi connectivity index (χ1) is 9.22. The van der Waals surface area contributed by atoms with Gasteiger partial charge in [0.2, 0.25) is 0 Å². The number of nitrogens with zero attached hydrogens (tertiary/aromatic N) is 3. The highest BCUT2D eigenvalue weighted by atomic mass is 16.5. The summed E-state index contributed by atoms with van der Waals surface area (Å²) < 4.78 is 12.2. The molecule has 0 radical (unpaired) electrons. The Labute approximate surface area is 112 Å². The zero-order valence-electron chi connectivity index (χ0n) is 11.4. The summed E-state index contributed by atoms with van der Waals surface area (Å²) in [5, 5.41) is 7.49. The van der Waals surface area contributed by atoms with E-state index >= 15 is 0 Å². The zero-order chi connectivity index (χ0) is 13.7. The standard InChI is InChI=1S/C13H18N4O2/c1-17-9-15-13(16-17)8-14-7-10-4-5-11(18-2)6-12(10)19-3/h4-6,9,14H,7-8H2,1-3H3. The van der Waals surface area contributed by atoms with E-state index in [9.17, 15) is 0 Å². The second kappa shape index (κ2) is 6.19. The van der Waals surface area contributed by atoms with E-state index in [0.717, 1.165) is 22.9 Å². The minimum Gasteiger partial charge on any atom is -0.497 e. The van der Waals surface area contributed by atoms with Crippen LogP contribution in [0.4, 0.5) is 0 Å². The number of nitrogens with one attached hydrogen (secondary N) is 1. The molecule has 0 amide bonds. The SMILES string of the molecule is COc1ccc(CNCc2ncn(C)n2)c(OC)c1. The van der Waals surface area contributed by atoms with Crippen molar-refractivity contribution < 1.29 is 9.47 Å². The summed E-state index contributed by atoms with van der Waals surface area (Å²) >= 11 is 0. The van der Waals surface area contributed by atoms with Crippen LogP contribution in [0.3, 0.4) is 0 Å². The van der Waals surface area contributed by atoms with Gasteiger partial charge in [-0.25, -0.2) is 4.98 Å². The highest BCUT2D eigenvalue weighted by Gasteiger charge is 2.05. The molecular formula is C13H18N4O2. The summed E-state index contributed by atoms with van der Waals surface area (Å²) in [5.74, 6) is 2.36. The number of rotatable bonds is 6. The fraction of sp³-hybridized carbons (Fsp3) is 0.385. The second-order valence-corrected chi connectivity index (χ2v) is 4.12. The van der Waals surface area contributed by atoms with Crippen LogP contribution in [0.2, 0.25) is 0 Å². The number of benzene rings is 1. The molecule has 0 saturated carbocycles.